The summed E-state index contributed by atoms with van der Waals surface area (Å²) in [5, 5.41) is 0. The molecule has 9 heteroatoms. The van der Waals surface area contributed by atoms with Crippen molar-refractivity contribution in [2.45, 2.75) is 33.7 Å². The number of fused-ring (bicyclic) bond motifs is 1. The van der Waals surface area contributed by atoms with Crippen LogP contribution in [0.25, 0.3) is 6.08 Å². The molecular weight excluding hydrogens is 483 g/mol. The van der Waals surface area contributed by atoms with Crippen molar-refractivity contribution in [3.63, 3.8) is 0 Å². The van der Waals surface area contributed by atoms with Gasteiger partial charge in [0.2, 0.25) is 0 Å². The molecule has 0 fully saturated rings. The summed E-state index contributed by atoms with van der Waals surface area (Å²) in [5.41, 5.74) is 1.78. The van der Waals surface area contributed by atoms with Gasteiger partial charge in [0.25, 0.3) is 5.56 Å². The van der Waals surface area contributed by atoms with Crippen LogP contribution in [0.5, 0.6) is 11.5 Å². The summed E-state index contributed by atoms with van der Waals surface area (Å²) >= 11 is 1.21. The molecule has 36 heavy (non-hydrogen) atoms. The Kier molecular flexibility index (Phi) is 7.69. The van der Waals surface area contributed by atoms with Gasteiger partial charge in [0, 0.05) is 0 Å². The number of rotatable bonds is 8. The highest BCUT2D eigenvalue weighted by Crippen LogP contribution is 2.36. The molecule has 0 spiro atoms. The minimum absolute atomic E-state index is 0.185. The first kappa shape index (κ1) is 25.4. The molecule has 1 aliphatic rings. The largest absolute Gasteiger partial charge is 0.490 e. The fraction of sp³-hybridized carbons (Fsp3) is 0.296. The summed E-state index contributed by atoms with van der Waals surface area (Å²) in [5.74, 6) is 0.195. The first-order valence-electron chi connectivity index (χ1n) is 11.7. The van der Waals surface area contributed by atoms with Gasteiger partial charge in [-0.3, -0.25) is 9.36 Å². The standard InChI is InChI=1S/C27H27FN2O5S/c1-5-33-20-13-10-18(15-21(20)34-6-2)24-23(26(32)35-7-3)16(4)29-27-30(24)25(31)22(36-27)14-17-8-11-19(28)12-9-17/h8-15,24H,5-7H2,1-4H3/b22-14-. The number of aromatic nitrogens is 1. The van der Waals surface area contributed by atoms with E-state index in [0.717, 1.165) is 0 Å². The molecule has 2 heterocycles. The van der Waals surface area contributed by atoms with E-state index in [1.165, 1.54) is 28.0 Å². The highest BCUT2D eigenvalue weighted by atomic mass is 32.1. The molecule has 3 aromatic rings. The summed E-state index contributed by atoms with van der Waals surface area (Å²) in [6.45, 7) is 8.28. The van der Waals surface area contributed by atoms with Crippen molar-refractivity contribution in [2.24, 2.45) is 4.99 Å². The van der Waals surface area contributed by atoms with Crippen LogP contribution in [0.4, 0.5) is 4.39 Å². The summed E-state index contributed by atoms with van der Waals surface area (Å²) in [4.78, 5) is 31.8. The lowest BCUT2D eigenvalue weighted by Gasteiger charge is -2.25. The van der Waals surface area contributed by atoms with Crippen molar-refractivity contribution < 1.29 is 23.4 Å². The predicted octanol–water partition coefficient (Wildman–Crippen LogP) is 3.73. The van der Waals surface area contributed by atoms with Crippen LogP contribution < -0.4 is 24.4 Å². The van der Waals surface area contributed by atoms with Crippen molar-refractivity contribution >= 4 is 23.4 Å². The Hall–Kier alpha value is -3.72. The van der Waals surface area contributed by atoms with E-state index < -0.39 is 12.0 Å². The third kappa shape index (κ3) is 4.97. The molecule has 0 bridgehead atoms. The molecule has 7 nitrogen and oxygen atoms in total. The number of benzene rings is 2. The molecular formula is C27H27FN2O5S. The van der Waals surface area contributed by atoms with Crippen LogP contribution in [0.1, 0.15) is 44.9 Å². The van der Waals surface area contributed by atoms with Crippen molar-refractivity contribution in [3.05, 3.63) is 90.4 Å². The van der Waals surface area contributed by atoms with Gasteiger partial charge in [0.05, 0.1) is 41.7 Å². The first-order valence-corrected chi connectivity index (χ1v) is 12.5. The zero-order chi connectivity index (χ0) is 25.8. The van der Waals surface area contributed by atoms with Gasteiger partial charge in [0.15, 0.2) is 16.3 Å². The lowest BCUT2D eigenvalue weighted by atomic mass is 9.95. The maximum Gasteiger partial charge on any atom is 0.338 e. The number of hydrogen-bond donors (Lipinski definition) is 0. The molecule has 0 amide bonds. The van der Waals surface area contributed by atoms with E-state index in [4.69, 9.17) is 14.2 Å². The molecule has 0 radical (unpaired) electrons. The maximum absolute atomic E-state index is 13.7. The van der Waals surface area contributed by atoms with Crippen molar-refractivity contribution in [2.75, 3.05) is 19.8 Å². The Bertz CT molecular complexity index is 1490. The smallest absolute Gasteiger partial charge is 0.338 e. The molecule has 0 saturated carbocycles. The molecule has 0 N–H and O–H groups in total. The Morgan fingerprint density at radius 3 is 2.42 bits per heavy atom. The summed E-state index contributed by atoms with van der Waals surface area (Å²) in [7, 11) is 0. The topological polar surface area (TPSA) is 79.1 Å². The Morgan fingerprint density at radius 2 is 1.75 bits per heavy atom. The normalized spacial score (nSPS) is 15.4. The molecule has 2 aromatic carbocycles. The molecule has 0 saturated heterocycles. The highest BCUT2D eigenvalue weighted by molar-refractivity contribution is 7.07. The van der Waals surface area contributed by atoms with Crippen LogP contribution in [0.3, 0.4) is 0 Å². The summed E-state index contributed by atoms with van der Waals surface area (Å²) in [6.07, 6.45) is 1.69. The Balaban J connectivity index is 1.94. The van der Waals surface area contributed by atoms with Gasteiger partial charge in [-0.2, -0.15) is 0 Å². The maximum atomic E-state index is 13.7. The third-order valence-corrected chi connectivity index (χ3v) is 6.55. The minimum Gasteiger partial charge on any atom is -0.490 e. The lowest BCUT2D eigenvalue weighted by Crippen LogP contribution is -2.40. The monoisotopic (exact) mass is 510 g/mol. The van der Waals surface area contributed by atoms with E-state index in [2.05, 4.69) is 4.99 Å². The number of hydrogen-bond acceptors (Lipinski definition) is 7. The second-order valence-corrected chi connectivity index (χ2v) is 8.94. The van der Waals surface area contributed by atoms with E-state index in [9.17, 15) is 14.0 Å². The number of esters is 1. The lowest BCUT2D eigenvalue weighted by molar-refractivity contribution is -0.139. The van der Waals surface area contributed by atoms with Gasteiger partial charge >= 0.3 is 5.97 Å². The van der Waals surface area contributed by atoms with Gasteiger partial charge in [-0.25, -0.2) is 14.2 Å². The van der Waals surface area contributed by atoms with Gasteiger partial charge in [-0.15, -0.1) is 0 Å². The van der Waals surface area contributed by atoms with E-state index in [1.807, 2.05) is 19.9 Å². The second kappa shape index (κ2) is 10.9. The molecule has 0 aliphatic carbocycles. The van der Waals surface area contributed by atoms with Crippen LogP contribution in [-0.2, 0) is 9.53 Å². The molecule has 1 unspecified atom stereocenters. The van der Waals surface area contributed by atoms with Crippen molar-refractivity contribution in [1.29, 1.82) is 0 Å². The third-order valence-electron chi connectivity index (χ3n) is 5.57. The van der Waals surface area contributed by atoms with Crippen LogP contribution in [0.2, 0.25) is 0 Å². The summed E-state index contributed by atoms with van der Waals surface area (Å²) < 4.78 is 32.1. The number of allylic oxidation sites excluding steroid dienone is 1. The van der Waals surface area contributed by atoms with Gasteiger partial charge in [-0.1, -0.05) is 29.5 Å². The Labute approximate surface area is 211 Å². The van der Waals surface area contributed by atoms with Crippen LogP contribution in [0.15, 0.2) is 63.5 Å². The average molecular weight is 511 g/mol. The van der Waals surface area contributed by atoms with Crippen molar-refractivity contribution in [3.8, 4) is 11.5 Å². The van der Waals surface area contributed by atoms with Crippen LogP contribution >= 0.6 is 11.3 Å². The number of nitrogens with zero attached hydrogens (tertiary/aromatic N) is 2. The van der Waals surface area contributed by atoms with Crippen LogP contribution in [-0.4, -0.2) is 30.4 Å². The summed E-state index contributed by atoms with van der Waals surface area (Å²) in [6, 6.07) is 10.5. The number of ether oxygens (including phenoxy) is 3. The van der Waals surface area contributed by atoms with Crippen LogP contribution in [0, 0.1) is 5.82 Å². The van der Waals surface area contributed by atoms with E-state index in [1.54, 1.807) is 44.2 Å². The van der Waals surface area contributed by atoms with Gasteiger partial charge in [0.1, 0.15) is 5.82 Å². The highest BCUT2D eigenvalue weighted by Gasteiger charge is 2.34. The SMILES string of the molecule is CCOC(=O)C1=C(C)N=c2s/c(=C\c3ccc(F)cc3)c(=O)n2C1c1ccc(OCC)c(OCC)c1. The molecule has 1 aromatic heterocycles. The minimum atomic E-state index is -0.773. The quantitative estimate of drug-likeness (QED) is 0.432. The molecule has 4 rings (SSSR count). The number of thiazole rings is 1. The average Bonchev–Trinajstić information content (AvgIpc) is 3.15. The first-order chi connectivity index (χ1) is 17.4. The molecule has 188 valence electrons. The van der Waals surface area contributed by atoms with Gasteiger partial charge in [-0.05, 0) is 69.2 Å². The zero-order valence-corrected chi connectivity index (χ0v) is 21.4. The predicted molar refractivity (Wildman–Crippen MR) is 136 cm³/mol. The van der Waals surface area contributed by atoms with E-state index >= 15 is 0 Å². The van der Waals surface area contributed by atoms with E-state index in [0.29, 0.717) is 50.9 Å². The molecule has 1 aliphatic heterocycles. The number of halogens is 1. The van der Waals surface area contributed by atoms with Crippen molar-refractivity contribution in [1.82, 2.24) is 4.57 Å². The molecule has 1 atom stereocenters. The number of carbonyl (C=O) groups is 1. The number of carbonyl (C=O) groups excluding carboxylic acids is 1. The van der Waals surface area contributed by atoms with E-state index in [-0.39, 0.29) is 23.6 Å². The fourth-order valence-electron chi connectivity index (χ4n) is 4.06. The second-order valence-electron chi connectivity index (χ2n) is 7.93. The fourth-order valence-corrected chi connectivity index (χ4v) is 5.10. The van der Waals surface area contributed by atoms with Gasteiger partial charge < -0.3 is 14.2 Å². The Morgan fingerprint density at radius 1 is 1.06 bits per heavy atom. The zero-order valence-electron chi connectivity index (χ0n) is 20.5.